The Morgan fingerprint density at radius 1 is 1.32 bits per heavy atom. The van der Waals surface area contributed by atoms with Crippen LogP contribution in [0.15, 0.2) is 30.3 Å². The molecular weight excluding hydrogens is 297 g/mol. The number of carbonyl (C=O) groups is 1. The van der Waals surface area contributed by atoms with Crippen LogP contribution in [-0.4, -0.2) is 55.9 Å². The van der Waals surface area contributed by atoms with Crippen LogP contribution in [0, 0.1) is 0 Å². The van der Waals surface area contributed by atoms with Gasteiger partial charge in [-0.3, -0.25) is 9.69 Å². The fraction of sp³-hybridized carbons (Fsp3) is 0.533. The van der Waals surface area contributed by atoms with Crippen LogP contribution >= 0.6 is 0 Å². The zero-order valence-electron chi connectivity index (χ0n) is 12.3. The summed E-state index contributed by atoms with van der Waals surface area (Å²) in [5.74, 6) is -0.275. The Balaban J connectivity index is 1.69. The van der Waals surface area contributed by atoms with Gasteiger partial charge in [-0.25, -0.2) is 0 Å². The molecule has 1 fully saturated rings. The minimum Gasteiger partial charge on any atom is -0.366 e. The van der Waals surface area contributed by atoms with Crippen LogP contribution in [0.25, 0.3) is 0 Å². The first-order chi connectivity index (χ1) is 10.4. The highest BCUT2D eigenvalue weighted by molar-refractivity contribution is 5.78. The Morgan fingerprint density at radius 2 is 1.95 bits per heavy atom. The zero-order chi connectivity index (χ0) is 16.2. The molecule has 0 radical (unpaired) electrons. The average molecular weight is 316 g/mol. The summed E-state index contributed by atoms with van der Waals surface area (Å²) in [7, 11) is 1.05. The molecule has 0 unspecified atom stereocenters. The minimum atomic E-state index is -4.41. The van der Waals surface area contributed by atoms with Gasteiger partial charge in [0.05, 0.1) is 6.54 Å². The predicted molar refractivity (Wildman–Crippen MR) is 75.4 cm³/mol. The lowest BCUT2D eigenvalue weighted by atomic mass is 9.93. The van der Waals surface area contributed by atoms with Gasteiger partial charge < -0.3 is 10.1 Å². The Labute approximate surface area is 127 Å². The smallest absolute Gasteiger partial charge is 0.366 e. The number of nitrogens with one attached hydrogen (secondary N) is 1. The molecule has 1 aromatic rings. The molecule has 1 amide bonds. The van der Waals surface area contributed by atoms with E-state index in [1.165, 1.54) is 4.90 Å². The fourth-order valence-corrected chi connectivity index (χ4v) is 2.46. The van der Waals surface area contributed by atoms with Gasteiger partial charge in [-0.05, 0) is 12.0 Å². The fourth-order valence-electron chi connectivity index (χ4n) is 2.46. The summed E-state index contributed by atoms with van der Waals surface area (Å²) in [6.07, 6.45) is -3.72. The molecule has 1 aliphatic heterocycles. The molecule has 0 atom stereocenters. The first-order valence-electron chi connectivity index (χ1n) is 7.01. The van der Waals surface area contributed by atoms with Crippen molar-refractivity contribution >= 4 is 5.91 Å². The molecular formula is C15H19F3N2O2. The van der Waals surface area contributed by atoms with E-state index >= 15 is 0 Å². The normalized spacial score (nSPS) is 17.8. The van der Waals surface area contributed by atoms with Crippen molar-refractivity contribution in [3.63, 3.8) is 0 Å². The number of halogens is 3. The van der Waals surface area contributed by atoms with Crippen molar-refractivity contribution in [2.75, 3.05) is 33.3 Å². The highest BCUT2D eigenvalue weighted by Crippen LogP contribution is 2.40. The van der Waals surface area contributed by atoms with Crippen LogP contribution in [0.1, 0.15) is 5.56 Å². The van der Waals surface area contributed by atoms with Gasteiger partial charge in [0.1, 0.15) is 0 Å². The van der Waals surface area contributed by atoms with E-state index in [9.17, 15) is 18.0 Å². The van der Waals surface area contributed by atoms with Gasteiger partial charge in [-0.2, -0.15) is 13.2 Å². The second-order valence-corrected chi connectivity index (χ2v) is 5.43. The van der Waals surface area contributed by atoms with E-state index < -0.39 is 11.8 Å². The van der Waals surface area contributed by atoms with Gasteiger partial charge in [0.25, 0.3) is 0 Å². The lowest BCUT2D eigenvalue weighted by molar-refractivity contribution is -0.309. The molecule has 1 N–H and O–H groups in total. The lowest BCUT2D eigenvalue weighted by Gasteiger charge is -2.49. The molecule has 0 bridgehead atoms. The summed E-state index contributed by atoms with van der Waals surface area (Å²) in [6, 6.07) is 9.65. The van der Waals surface area contributed by atoms with Crippen molar-refractivity contribution in [3.05, 3.63) is 35.9 Å². The molecule has 4 nitrogen and oxygen atoms in total. The number of likely N-dealkylation sites (tertiary alicyclic amines) is 1. The highest BCUT2D eigenvalue weighted by atomic mass is 19.4. The van der Waals surface area contributed by atoms with E-state index in [2.05, 4.69) is 10.1 Å². The summed E-state index contributed by atoms with van der Waals surface area (Å²) in [5, 5.41) is 2.71. The Hall–Kier alpha value is -1.60. The molecule has 0 aliphatic carbocycles. The van der Waals surface area contributed by atoms with Gasteiger partial charge in [0.2, 0.25) is 5.91 Å². The quantitative estimate of drug-likeness (QED) is 0.867. The number of nitrogens with zero attached hydrogens (tertiary/aromatic N) is 1. The SMILES string of the molecule is COC1(C(F)(F)F)CN(CC(=O)NCCc2ccccc2)C1. The third-order valence-corrected chi connectivity index (χ3v) is 3.81. The highest BCUT2D eigenvalue weighted by Gasteiger charge is 2.62. The molecule has 122 valence electrons. The standard InChI is InChI=1S/C15H19F3N2O2/c1-22-14(15(16,17)18)10-20(11-14)9-13(21)19-8-7-12-5-3-2-4-6-12/h2-6H,7-11H2,1H3,(H,19,21). The van der Waals surface area contributed by atoms with Crippen LogP contribution < -0.4 is 5.32 Å². The number of benzene rings is 1. The van der Waals surface area contributed by atoms with Crippen LogP contribution in [-0.2, 0) is 16.0 Å². The van der Waals surface area contributed by atoms with Crippen LogP contribution in [0.5, 0.6) is 0 Å². The lowest BCUT2D eigenvalue weighted by Crippen LogP contribution is -2.70. The molecule has 0 saturated carbocycles. The summed E-state index contributed by atoms with van der Waals surface area (Å²) in [6.45, 7) is -0.195. The van der Waals surface area contributed by atoms with Crippen molar-refractivity contribution in [1.82, 2.24) is 10.2 Å². The first-order valence-corrected chi connectivity index (χ1v) is 7.01. The summed E-state index contributed by atoms with van der Waals surface area (Å²) < 4.78 is 43.0. The van der Waals surface area contributed by atoms with Crippen molar-refractivity contribution in [2.24, 2.45) is 0 Å². The average Bonchev–Trinajstić information content (AvgIpc) is 2.42. The molecule has 0 aromatic heterocycles. The molecule has 1 aliphatic rings. The van der Waals surface area contributed by atoms with Gasteiger partial charge >= 0.3 is 6.18 Å². The van der Waals surface area contributed by atoms with Crippen LogP contribution in [0.3, 0.4) is 0 Å². The van der Waals surface area contributed by atoms with Crippen molar-refractivity contribution in [3.8, 4) is 0 Å². The number of amides is 1. The Kier molecular flexibility index (Phi) is 5.08. The van der Waals surface area contributed by atoms with E-state index in [4.69, 9.17) is 0 Å². The second kappa shape index (κ2) is 6.66. The Morgan fingerprint density at radius 3 is 2.50 bits per heavy atom. The predicted octanol–water partition coefficient (Wildman–Crippen LogP) is 1.61. The number of carbonyl (C=O) groups excluding carboxylic acids is 1. The van der Waals surface area contributed by atoms with Gasteiger partial charge in [0, 0.05) is 26.7 Å². The number of rotatable bonds is 6. The van der Waals surface area contributed by atoms with Gasteiger partial charge in [-0.15, -0.1) is 0 Å². The number of hydrogen-bond acceptors (Lipinski definition) is 3. The molecule has 2 rings (SSSR count). The summed E-state index contributed by atoms with van der Waals surface area (Å²) in [4.78, 5) is 13.1. The van der Waals surface area contributed by atoms with E-state index in [0.29, 0.717) is 13.0 Å². The van der Waals surface area contributed by atoms with E-state index in [1.807, 2.05) is 30.3 Å². The van der Waals surface area contributed by atoms with Crippen molar-refractivity contribution < 1.29 is 22.7 Å². The van der Waals surface area contributed by atoms with E-state index in [-0.39, 0.29) is 25.5 Å². The molecule has 0 spiro atoms. The van der Waals surface area contributed by atoms with E-state index in [0.717, 1.165) is 12.7 Å². The zero-order valence-corrected chi connectivity index (χ0v) is 12.3. The number of hydrogen-bond donors (Lipinski definition) is 1. The molecule has 1 heterocycles. The van der Waals surface area contributed by atoms with E-state index in [1.54, 1.807) is 0 Å². The molecule has 1 saturated heterocycles. The number of methoxy groups -OCH3 is 1. The van der Waals surface area contributed by atoms with Crippen LogP contribution in [0.2, 0.25) is 0 Å². The van der Waals surface area contributed by atoms with Gasteiger partial charge in [-0.1, -0.05) is 30.3 Å². The molecule has 1 aromatic carbocycles. The monoisotopic (exact) mass is 316 g/mol. The number of alkyl halides is 3. The second-order valence-electron chi connectivity index (χ2n) is 5.43. The topological polar surface area (TPSA) is 41.6 Å². The molecule has 22 heavy (non-hydrogen) atoms. The van der Waals surface area contributed by atoms with Crippen molar-refractivity contribution in [1.29, 1.82) is 0 Å². The summed E-state index contributed by atoms with van der Waals surface area (Å²) in [5.41, 5.74) is -1.03. The molecule has 7 heteroatoms. The maximum Gasteiger partial charge on any atom is 0.419 e. The number of ether oxygens (including phenoxy) is 1. The third kappa shape index (κ3) is 3.78. The first kappa shape index (κ1) is 16.8. The van der Waals surface area contributed by atoms with Crippen molar-refractivity contribution in [2.45, 2.75) is 18.2 Å². The van der Waals surface area contributed by atoms with Crippen LogP contribution in [0.4, 0.5) is 13.2 Å². The minimum absolute atomic E-state index is 0.0457. The third-order valence-electron chi connectivity index (χ3n) is 3.81. The maximum atomic E-state index is 12.8. The largest absolute Gasteiger partial charge is 0.419 e. The Bertz CT molecular complexity index is 499. The van der Waals surface area contributed by atoms with Gasteiger partial charge in [0.15, 0.2) is 5.60 Å². The maximum absolute atomic E-state index is 12.8. The summed E-state index contributed by atoms with van der Waals surface area (Å²) >= 11 is 0.